The van der Waals surface area contributed by atoms with E-state index in [1.54, 1.807) is 0 Å². The van der Waals surface area contributed by atoms with Crippen molar-refractivity contribution in [3.63, 3.8) is 0 Å². The van der Waals surface area contributed by atoms with Crippen LogP contribution in [-0.2, 0) is 32.3 Å². The largest absolute Gasteiger partial charge is 0.458 e. The Balaban J connectivity index is 2.11. The standard InChI is InChI=1S/C18H16O4/c1-3-17(19)21-11-13-5-7-16-10-14(6-8-15(16)9-13)12-22-18(20)4-2/h3-10H,1-2,11-12H2. The SMILES string of the molecule is C=CC(=O)OCc1ccc2cc(COC(=O)C=C)ccc2c1. The maximum absolute atomic E-state index is 11.1. The highest BCUT2D eigenvalue weighted by molar-refractivity contribution is 5.84. The number of hydrogen-bond donors (Lipinski definition) is 0. The third kappa shape index (κ3) is 4.06. The lowest BCUT2D eigenvalue weighted by atomic mass is 10.0. The van der Waals surface area contributed by atoms with Gasteiger partial charge in [-0.25, -0.2) is 9.59 Å². The molecule has 22 heavy (non-hydrogen) atoms. The first kappa shape index (κ1) is 15.5. The minimum absolute atomic E-state index is 0.208. The smallest absolute Gasteiger partial charge is 0.330 e. The Morgan fingerprint density at radius 2 is 1.23 bits per heavy atom. The minimum atomic E-state index is -0.445. The van der Waals surface area contributed by atoms with Crippen LogP contribution in [0.15, 0.2) is 61.7 Å². The molecular formula is C18H16O4. The molecule has 2 rings (SSSR count). The van der Waals surface area contributed by atoms with Crippen LogP contribution in [0, 0.1) is 0 Å². The minimum Gasteiger partial charge on any atom is -0.458 e. The van der Waals surface area contributed by atoms with Gasteiger partial charge in [0.1, 0.15) is 13.2 Å². The molecule has 0 bridgehead atoms. The molecule has 0 unspecified atom stereocenters. The number of hydrogen-bond acceptors (Lipinski definition) is 4. The Morgan fingerprint density at radius 3 is 1.59 bits per heavy atom. The molecule has 2 aromatic carbocycles. The average Bonchev–Trinajstić information content (AvgIpc) is 2.57. The van der Waals surface area contributed by atoms with Gasteiger partial charge in [0.2, 0.25) is 0 Å². The van der Waals surface area contributed by atoms with Gasteiger partial charge >= 0.3 is 11.9 Å². The Kier molecular flexibility index (Phi) is 5.09. The topological polar surface area (TPSA) is 52.6 Å². The van der Waals surface area contributed by atoms with Gasteiger partial charge in [0.05, 0.1) is 0 Å². The molecule has 0 radical (unpaired) electrons. The normalized spacial score (nSPS) is 10.0. The van der Waals surface area contributed by atoms with Crippen molar-refractivity contribution < 1.29 is 19.1 Å². The molecule has 0 aliphatic rings. The predicted molar refractivity (Wildman–Crippen MR) is 83.9 cm³/mol. The zero-order valence-corrected chi connectivity index (χ0v) is 12.1. The fourth-order valence-corrected chi connectivity index (χ4v) is 1.95. The fraction of sp³-hybridized carbons (Fsp3) is 0.111. The molecule has 0 spiro atoms. The first-order valence-corrected chi connectivity index (χ1v) is 6.72. The Morgan fingerprint density at radius 1 is 0.818 bits per heavy atom. The molecule has 0 amide bonds. The lowest BCUT2D eigenvalue weighted by molar-refractivity contribution is -0.139. The molecule has 112 valence electrons. The van der Waals surface area contributed by atoms with Crippen LogP contribution in [0.25, 0.3) is 10.8 Å². The number of ether oxygens (including phenoxy) is 2. The summed E-state index contributed by atoms with van der Waals surface area (Å²) in [6, 6.07) is 11.5. The second-order valence-electron chi connectivity index (χ2n) is 4.64. The highest BCUT2D eigenvalue weighted by Gasteiger charge is 2.03. The summed E-state index contributed by atoms with van der Waals surface area (Å²) >= 11 is 0. The second-order valence-corrected chi connectivity index (χ2v) is 4.64. The summed E-state index contributed by atoms with van der Waals surface area (Å²) in [7, 11) is 0. The predicted octanol–water partition coefficient (Wildman–Crippen LogP) is 3.30. The molecule has 0 atom stereocenters. The molecule has 4 heteroatoms. The number of esters is 2. The highest BCUT2D eigenvalue weighted by Crippen LogP contribution is 2.19. The van der Waals surface area contributed by atoms with Crippen LogP contribution < -0.4 is 0 Å². The molecule has 0 fully saturated rings. The van der Waals surface area contributed by atoms with E-state index in [1.165, 1.54) is 0 Å². The van der Waals surface area contributed by atoms with Gasteiger partial charge in [0.15, 0.2) is 0 Å². The summed E-state index contributed by atoms with van der Waals surface area (Å²) in [5, 5.41) is 2.04. The van der Waals surface area contributed by atoms with Crippen molar-refractivity contribution >= 4 is 22.7 Å². The van der Waals surface area contributed by atoms with E-state index in [9.17, 15) is 9.59 Å². The quantitative estimate of drug-likeness (QED) is 0.606. The van der Waals surface area contributed by atoms with Crippen LogP contribution in [0.3, 0.4) is 0 Å². The molecule has 0 saturated heterocycles. The van der Waals surface area contributed by atoms with E-state index in [4.69, 9.17) is 9.47 Å². The van der Waals surface area contributed by atoms with Crippen LogP contribution in [0.2, 0.25) is 0 Å². The van der Waals surface area contributed by atoms with Crippen molar-refractivity contribution in [3.05, 3.63) is 72.8 Å². The molecule has 0 heterocycles. The average molecular weight is 296 g/mol. The monoisotopic (exact) mass is 296 g/mol. The van der Waals surface area contributed by atoms with Gasteiger partial charge in [-0.1, -0.05) is 37.4 Å². The molecule has 0 saturated carbocycles. The zero-order chi connectivity index (χ0) is 15.9. The van der Waals surface area contributed by atoms with E-state index in [-0.39, 0.29) is 13.2 Å². The van der Waals surface area contributed by atoms with E-state index >= 15 is 0 Å². The van der Waals surface area contributed by atoms with Gasteiger partial charge < -0.3 is 9.47 Å². The van der Waals surface area contributed by atoms with E-state index in [2.05, 4.69) is 13.2 Å². The first-order valence-electron chi connectivity index (χ1n) is 6.72. The van der Waals surface area contributed by atoms with Crippen LogP contribution in [-0.4, -0.2) is 11.9 Å². The fourth-order valence-electron chi connectivity index (χ4n) is 1.95. The molecule has 2 aromatic rings. The summed E-state index contributed by atoms with van der Waals surface area (Å²) < 4.78 is 10.0. The van der Waals surface area contributed by atoms with Gasteiger partial charge in [0.25, 0.3) is 0 Å². The Hall–Kier alpha value is -2.88. The molecular weight excluding hydrogens is 280 g/mol. The summed E-state index contributed by atoms with van der Waals surface area (Å²) in [5.41, 5.74) is 1.79. The van der Waals surface area contributed by atoms with Crippen molar-refractivity contribution in [1.82, 2.24) is 0 Å². The molecule has 0 aliphatic carbocycles. The summed E-state index contributed by atoms with van der Waals surface area (Å²) in [4.78, 5) is 22.1. The number of benzene rings is 2. The zero-order valence-electron chi connectivity index (χ0n) is 12.1. The van der Waals surface area contributed by atoms with Crippen molar-refractivity contribution in [3.8, 4) is 0 Å². The van der Waals surface area contributed by atoms with Crippen LogP contribution in [0.1, 0.15) is 11.1 Å². The molecule has 4 nitrogen and oxygen atoms in total. The van der Waals surface area contributed by atoms with E-state index in [0.717, 1.165) is 34.1 Å². The number of carbonyl (C=O) groups is 2. The highest BCUT2D eigenvalue weighted by atomic mass is 16.5. The van der Waals surface area contributed by atoms with Crippen molar-refractivity contribution in [2.45, 2.75) is 13.2 Å². The van der Waals surface area contributed by atoms with Crippen molar-refractivity contribution in [2.75, 3.05) is 0 Å². The van der Waals surface area contributed by atoms with Gasteiger partial charge in [-0.15, -0.1) is 0 Å². The Bertz CT molecular complexity index is 668. The third-order valence-electron chi connectivity index (χ3n) is 3.06. The van der Waals surface area contributed by atoms with Gasteiger partial charge in [0, 0.05) is 12.2 Å². The summed E-state index contributed by atoms with van der Waals surface area (Å²) in [5.74, 6) is -0.890. The lowest BCUT2D eigenvalue weighted by Crippen LogP contribution is -2.01. The molecule has 0 aliphatic heterocycles. The maximum Gasteiger partial charge on any atom is 0.330 e. The van der Waals surface area contributed by atoms with E-state index in [1.807, 2.05) is 36.4 Å². The summed E-state index contributed by atoms with van der Waals surface area (Å²) in [6.45, 7) is 7.12. The number of rotatable bonds is 6. The maximum atomic E-state index is 11.1. The number of carbonyl (C=O) groups excluding carboxylic acids is 2. The summed E-state index contributed by atoms with van der Waals surface area (Å²) in [6.07, 6.45) is 2.27. The second kappa shape index (κ2) is 7.22. The van der Waals surface area contributed by atoms with E-state index < -0.39 is 11.9 Å². The van der Waals surface area contributed by atoms with E-state index in [0.29, 0.717) is 0 Å². The van der Waals surface area contributed by atoms with Crippen LogP contribution in [0.5, 0.6) is 0 Å². The van der Waals surface area contributed by atoms with Gasteiger partial charge in [-0.2, -0.15) is 0 Å². The molecule has 0 aromatic heterocycles. The van der Waals surface area contributed by atoms with Crippen LogP contribution >= 0.6 is 0 Å². The van der Waals surface area contributed by atoms with Crippen molar-refractivity contribution in [2.24, 2.45) is 0 Å². The van der Waals surface area contributed by atoms with Gasteiger partial charge in [-0.05, 0) is 34.0 Å². The van der Waals surface area contributed by atoms with Crippen LogP contribution in [0.4, 0.5) is 0 Å². The third-order valence-corrected chi connectivity index (χ3v) is 3.06. The molecule has 0 N–H and O–H groups in total. The Labute approximate surface area is 128 Å². The first-order chi connectivity index (χ1) is 10.6. The van der Waals surface area contributed by atoms with Crippen molar-refractivity contribution in [1.29, 1.82) is 0 Å². The van der Waals surface area contributed by atoms with Gasteiger partial charge in [-0.3, -0.25) is 0 Å². The lowest BCUT2D eigenvalue weighted by Gasteiger charge is -2.07. The number of fused-ring (bicyclic) bond motifs is 1.